The van der Waals surface area contributed by atoms with Crippen LogP contribution in [0.15, 0.2) is 18.2 Å². The molecule has 0 atom stereocenters. The quantitative estimate of drug-likeness (QED) is 0.684. The van der Waals surface area contributed by atoms with Crippen LogP contribution in [-0.4, -0.2) is 30.8 Å². The lowest BCUT2D eigenvalue weighted by Gasteiger charge is -2.40. The van der Waals surface area contributed by atoms with Crippen molar-refractivity contribution in [1.29, 1.82) is 0 Å². The van der Waals surface area contributed by atoms with Gasteiger partial charge in [0.05, 0.1) is 0 Å². The fourth-order valence-corrected chi connectivity index (χ4v) is 3.01. The molecule has 1 saturated carbocycles. The lowest BCUT2D eigenvalue weighted by Crippen LogP contribution is -2.41. The molecule has 0 heterocycles. The molecule has 0 spiro atoms. The highest BCUT2D eigenvalue weighted by atomic mass is 35.5. The predicted molar refractivity (Wildman–Crippen MR) is 90.1 cm³/mol. The summed E-state index contributed by atoms with van der Waals surface area (Å²) in [5, 5.41) is 13.4. The second-order valence-electron chi connectivity index (χ2n) is 5.81. The van der Waals surface area contributed by atoms with Gasteiger partial charge in [-0.25, -0.2) is 0 Å². The molecule has 0 radical (unpaired) electrons. The molecule has 1 aliphatic rings. The molecule has 21 heavy (non-hydrogen) atoms. The van der Waals surface area contributed by atoms with Gasteiger partial charge in [0, 0.05) is 36.4 Å². The SMILES string of the molecule is CCCNCc1cc(Cl)ccc1N(CCCO)C1CCC1. The number of nitrogens with zero attached hydrogens (tertiary/aromatic N) is 1. The van der Waals surface area contributed by atoms with Crippen LogP contribution in [0.5, 0.6) is 0 Å². The number of halogens is 1. The Morgan fingerprint density at radius 3 is 2.81 bits per heavy atom. The maximum absolute atomic E-state index is 9.16. The summed E-state index contributed by atoms with van der Waals surface area (Å²) in [5.74, 6) is 0. The van der Waals surface area contributed by atoms with Crippen molar-refractivity contribution in [2.24, 2.45) is 0 Å². The van der Waals surface area contributed by atoms with Crippen LogP contribution in [0.25, 0.3) is 0 Å². The Labute approximate surface area is 133 Å². The summed E-state index contributed by atoms with van der Waals surface area (Å²) >= 11 is 6.18. The Balaban J connectivity index is 2.16. The van der Waals surface area contributed by atoms with Crippen LogP contribution in [0.3, 0.4) is 0 Å². The average molecular weight is 311 g/mol. The van der Waals surface area contributed by atoms with Crippen LogP contribution in [0.1, 0.15) is 44.6 Å². The van der Waals surface area contributed by atoms with E-state index < -0.39 is 0 Å². The van der Waals surface area contributed by atoms with Crippen LogP contribution in [0.4, 0.5) is 5.69 Å². The number of nitrogens with one attached hydrogen (secondary N) is 1. The number of hydrogen-bond donors (Lipinski definition) is 2. The lowest BCUT2D eigenvalue weighted by molar-refractivity contribution is 0.283. The summed E-state index contributed by atoms with van der Waals surface area (Å²) in [6, 6.07) is 6.82. The lowest BCUT2D eigenvalue weighted by atomic mass is 9.90. The third kappa shape index (κ3) is 4.60. The highest BCUT2D eigenvalue weighted by molar-refractivity contribution is 6.30. The number of aliphatic hydroxyl groups is 1. The van der Waals surface area contributed by atoms with Gasteiger partial charge in [0.1, 0.15) is 0 Å². The third-order valence-electron chi connectivity index (χ3n) is 4.17. The van der Waals surface area contributed by atoms with Gasteiger partial charge in [-0.1, -0.05) is 18.5 Å². The topological polar surface area (TPSA) is 35.5 Å². The van der Waals surface area contributed by atoms with Gasteiger partial charge in [-0.05, 0) is 62.4 Å². The molecule has 1 aromatic rings. The summed E-state index contributed by atoms with van der Waals surface area (Å²) in [6.07, 6.45) is 5.79. The van der Waals surface area contributed by atoms with Crippen molar-refractivity contribution in [3.63, 3.8) is 0 Å². The number of aliphatic hydroxyl groups excluding tert-OH is 1. The second kappa shape index (κ2) is 8.62. The van der Waals surface area contributed by atoms with E-state index in [9.17, 15) is 0 Å². The van der Waals surface area contributed by atoms with Crippen molar-refractivity contribution in [2.45, 2.75) is 51.6 Å². The Hall–Kier alpha value is -0.770. The van der Waals surface area contributed by atoms with E-state index in [0.717, 1.165) is 37.5 Å². The zero-order valence-electron chi connectivity index (χ0n) is 12.9. The molecule has 0 bridgehead atoms. The van der Waals surface area contributed by atoms with Gasteiger partial charge in [0.25, 0.3) is 0 Å². The molecule has 1 aromatic carbocycles. The van der Waals surface area contributed by atoms with Gasteiger partial charge < -0.3 is 15.3 Å². The van der Waals surface area contributed by atoms with E-state index in [2.05, 4.69) is 29.3 Å². The molecule has 0 unspecified atom stereocenters. The molecule has 4 heteroatoms. The number of anilines is 1. The standard InChI is InChI=1S/C17H27ClN2O/c1-2-9-19-13-14-12-15(18)7-8-17(14)20(10-4-11-21)16-5-3-6-16/h7-8,12,16,19,21H,2-6,9-11,13H2,1H3. The normalized spacial score (nSPS) is 15.0. The minimum Gasteiger partial charge on any atom is -0.396 e. The average Bonchev–Trinajstić information content (AvgIpc) is 2.42. The van der Waals surface area contributed by atoms with E-state index in [-0.39, 0.29) is 6.61 Å². The van der Waals surface area contributed by atoms with Gasteiger partial charge >= 0.3 is 0 Å². The van der Waals surface area contributed by atoms with Gasteiger partial charge in [-0.3, -0.25) is 0 Å². The van der Waals surface area contributed by atoms with Crippen molar-refractivity contribution < 1.29 is 5.11 Å². The van der Waals surface area contributed by atoms with Crippen LogP contribution in [0.2, 0.25) is 5.02 Å². The molecule has 0 aliphatic heterocycles. The van der Waals surface area contributed by atoms with Gasteiger partial charge in [0.2, 0.25) is 0 Å². The summed E-state index contributed by atoms with van der Waals surface area (Å²) in [6.45, 7) is 5.22. The molecular formula is C17H27ClN2O. The molecule has 2 rings (SSSR count). The van der Waals surface area contributed by atoms with E-state index in [4.69, 9.17) is 16.7 Å². The van der Waals surface area contributed by atoms with Crippen molar-refractivity contribution in [3.05, 3.63) is 28.8 Å². The van der Waals surface area contributed by atoms with E-state index in [0.29, 0.717) is 6.04 Å². The minimum absolute atomic E-state index is 0.250. The van der Waals surface area contributed by atoms with Crippen LogP contribution in [0, 0.1) is 0 Å². The zero-order chi connectivity index (χ0) is 15.1. The van der Waals surface area contributed by atoms with Crippen molar-refractivity contribution in [2.75, 3.05) is 24.6 Å². The predicted octanol–water partition coefficient (Wildman–Crippen LogP) is 3.58. The molecule has 1 aliphatic carbocycles. The fraction of sp³-hybridized carbons (Fsp3) is 0.647. The van der Waals surface area contributed by atoms with E-state index in [1.54, 1.807) is 0 Å². The van der Waals surface area contributed by atoms with Crippen molar-refractivity contribution >= 4 is 17.3 Å². The first-order valence-corrected chi connectivity index (χ1v) is 8.50. The van der Waals surface area contributed by atoms with Crippen LogP contribution in [-0.2, 0) is 6.54 Å². The molecule has 2 N–H and O–H groups in total. The molecule has 0 aromatic heterocycles. The summed E-state index contributed by atoms with van der Waals surface area (Å²) in [4.78, 5) is 2.47. The highest BCUT2D eigenvalue weighted by Gasteiger charge is 2.26. The Kier molecular flexibility index (Phi) is 6.81. The Bertz CT molecular complexity index is 435. The Morgan fingerprint density at radius 2 is 2.19 bits per heavy atom. The number of rotatable bonds is 9. The first-order valence-electron chi connectivity index (χ1n) is 8.13. The number of hydrogen-bond acceptors (Lipinski definition) is 3. The monoisotopic (exact) mass is 310 g/mol. The van der Waals surface area contributed by atoms with Crippen molar-refractivity contribution in [1.82, 2.24) is 5.32 Å². The highest BCUT2D eigenvalue weighted by Crippen LogP contribution is 2.33. The molecule has 118 valence electrons. The van der Waals surface area contributed by atoms with Crippen molar-refractivity contribution in [3.8, 4) is 0 Å². The first-order chi connectivity index (χ1) is 10.3. The van der Waals surface area contributed by atoms with E-state index >= 15 is 0 Å². The van der Waals surface area contributed by atoms with Gasteiger partial charge in [0.15, 0.2) is 0 Å². The molecule has 1 fully saturated rings. The molecular weight excluding hydrogens is 284 g/mol. The minimum atomic E-state index is 0.250. The number of benzene rings is 1. The molecule has 0 amide bonds. The maximum atomic E-state index is 9.16. The maximum Gasteiger partial charge on any atom is 0.0447 e. The zero-order valence-corrected chi connectivity index (χ0v) is 13.7. The van der Waals surface area contributed by atoms with Crippen LogP contribution >= 0.6 is 11.6 Å². The fourth-order valence-electron chi connectivity index (χ4n) is 2.81. The van der Waals surface area contributed by atoms with E-state index in [1.807, 2.05) is 6.07 Å². The summed E-state index contributed by atoms with van der Waals surface area (Å²) < 4.78 is 0. The Morgan fingerprint density at radius 1 is 1.38 bits per heavy atom. The largest absolute Gasteiger partial charge is 0.396 e. The summed E-state index contributed by atoms with van der Waals surface area (Å²) in [7, 11) is 0. The van der Waals surface area contributed by atoms with Gasteiger partial charge in [-0.15, -0.1) is 0 Å². The first kappa shape index (κ1) is 16.6. The molecule has 3 nitrogen and oxygen atoms in total. The molecule has 0 saturated heterocycles. The smallest absolute Gasteiger partial charge is 0.0447 e. The second-order valence-corrected chi connectivity index (χ2v) is 6.24. The third-order valence-corrected chi connectivity index (χ3v) is 4.40. The van der Waals surface area contributed by atoms with Gasteiger partial charge in [-0.2, -0.15) is 0 Å². The van der Waals surface area contributed by atoms with E-state index in [1.165, 1.54) is 30.5 Å². The summed E-state index contributed by atoms with van der Waals surface area (Å²) in [5.41, 5.74) is 2.54. The van der Waals surface area contributed by atoms with Crippen LogP contribution < -0.4 is 10.2 Å².